The number of anilines is 1. The predicted molar refractivity (Wildman–Crippen MR) is 201 cm³/mol. The highest BCUT2D eigenvalue weighted by molar-refractivity contribution is 6.00. The van der Waals surface area contributed by atoms with Crippen LogP contribution in [0, 0.1) is 5.92 Å². The number of alkyl halides is 3. The van der Waals surface area contributed by atoms with Gasteiger partial charge in [-0.15, -0.1) is 0 Å². The van der Waals surface area contributed by atoms with Crippen LogP contribution < -0.4 is 16.3 Å². The second-order valence-electron chi connectivity index (χ2n) is 15.3. The van der Waals surface area contributed by atoms with Gasteiger partial charge in [-0.1, -0.05) is 6.07 Å². The zero-order valence-corrected chi connectivity index (χ0v) is 31.3. The molecule has 55 heavy (non-hydrogen) atoms. The summed E-state index contributed by atoms with van der Waals surface area (Å²) in [6.45, 7) is 4.67. The van der Waals surface area contributed by atoms with Crippen molar-refractivity contribution in [2.75, 3.05) is 51.3 Å². The molecule has 7 rings (SSSR count). The highest BCUT2D eigenvalue weighted by Gasteiger charge is 2.32. The van der Waals surface area contributed by atoms with E-state index in [1.54, 1.807) is 17.8 Å². The van der Waals surface area contributed by atoms with Gasteiger partial charge in [-0.3, -0.25) is 24.0 Å². The Balaban J connectivity index is 0.759. The average Bonchev–Trinajstić information content (AvgIpc) is 3.69. The quantitative estimate of drug-likeness (QED) is 0.107. The lowest BCUT2D eigenvalue weighted by Crippen LogP contribution is -2.44. The smallest absolute Gasteiger partial charge is 0.379 e. The summed E-state index contributed by atoms with van der Waals surface area (Å²) in [5.41, 5.74) is 4.12. The van der Waals surface area contributed by atoms with Crippen LogP contribution in [0.1, 0.15) is 87.3 Å². The highest BCUT2D eigenvalue weighted by atomic mass is 19.4. The molecule has 298 valence electrons. The van der Waals surface area contributed by atoms with Crippen LogP contribution in [0.5, 0.6) is 0 Å². The number of H-pyrrole nitrogens is 1. The number of benzene rings is 1. The number of amides is 2. The molecule has 3 N–H and O–H groups in total. The number of hydrogen-bond acceptors (Lipinski definition) is 9. The molecule has 0 unspecified atom stereocenters. The van der Waals surface area contributed by atoms with Gasteiger partial charge in [0, 0.05) is 64.0 Å². The Kier molecular flexibility index (Phi) is 12.2. The summed E-state index contributed by atoms with van der Waals surface area (Å²) in [6.07, 6.45) is 7.53. The van der Waals surface area contributed by atoms with E-state index in [1.807, 2.05) is 24.4 Å². The molecule has 4 aromatic rings. The number of ether oxygens (including phenoxy) is 2. The Bertz CT molecular complexity index is 2010. The van der Waals surface area contributed by atoms with Crippen LogP contribution in [0.3, 0.4) is 0 Å². The summed E-state index contributed by atoms with van der Waals surface area (Å²) in [4.78, 5) is 51.5. The van der Waals surface area contributed by atoms with E-state index in [9.17, 15) is 27.6 Å². The van der Waals surface area contributed by atoms with Crippen molar-refractivity contribution in [3.8, 4) is 0 Å². The number of aryl methyl sites for hydroxylation is 2. The van der Waals surface area contributed by atoms with Crippen molar-refractivity contribution in [1.29, 1.82) is 0 Å². The van der Waals surface area contributed by atoms with Gasteiger partial charge in [-0.05, 0) is 92.9 Å². The molecule has 16 heteroatoms. The van der Waals surface area contributed by atoms with Gasteiger partial charge in [0.25, 0.3) is 0 Å². The minimum atomic E-state index is -4.22. The first kappa shape index (κ1) is 39.0. The van der Waals surface area contributed by atoms with Gasteiger partial charge >= 0.3 is 11.9 Å². The van der Waals surface area contributed by atoms with E-state index < -0.39 is 24.5 Å². The van der Waals surface area contributed by atoms with Gasteiger partial charge in [0.05, 0.1) is 36.8 Å². The number of hydrogen-bond donors (Lipinski definition) is 3. The Morgan fingerprint density at radius 3 is 2.55 bits per heavy atom. The molecule has 1 aromatic carbocycles. The molecular formula is C39H51F3N8O5. The number of imidazole rings is 1. The number of rotatable bonds is 15. The zero-order valence-electron chi connectivity index (χ0n) is 31.3. The molecule has 0 spiro atoms. The summed E-state index contributed by atoms with van der Waals surface area (Å²) in [5, 5.41) is 5.96. The average molecular weight is 769 g/mol. The molecule has 3 aliphatic rings. The van der Waals surface area contributed by atoms with Crippen molar-refractivity contribution in [2.24, 2.45) is 13.0 Å². The lowest BCUT2D eigenvalue weighted by atomic mass is 9.78. The van der Waals surface area contributed by atoms with Crippen LogP contribution in [-0.2, 0) is 32.5 Å². The summed E-state index contributed by atoms with van der Waals surface area (Å²) in [5.74, 6) is 0.553. The molecule has 1 aliphatic carbocycles. The van der Waals surface area contributed by atoms with Crippen molar-refractivity contribution >= 4 is 39.8 Å². The van der Waals surface area contributed by atoms with E-state index in [1.165, 1.54) is 10.1 Å². The summed E-state index contributed by atoms with van der Waals surface area (Å²) < 4.78 is 52.5. The number of aromatic nitrogens is 5. The van der Waals surface area contributed by atoms with Crippen LogP contribution in [0.4, 0.5) is 19.1 Å². The van der Waals surface area contributed by atoms with E-state index in [-0.39, 0.29) is 36.6 Å². The first-order chi connectivity index (χ1) is 26.5. The summed E-state index contributed by atoms with van der Waals surface area (Å²) in [6, 6.07) is 5.18. The van der Waals surface area contributed by atoms with Gasteiger partial charge < -0.3 is 24.7 Å². The summed E-state index contributed by atoms with van der Waals surface area (Å²) in [7, 11) is 1.70. The topological polar surface area (TPSA) is 148 Å². The van der Waals surface area contributed by atoms with E-state index in [0.29, 0.717) is 49.2 Å². The minimum Gasteiger partial charge on any atom is -0.379 e. The maximum atomic E-state index is 13.0. The molecule has 1 saturated carbocycles. The number of halogens is 3. The van der Waals surface area contributed by atoms with Crippen molar-refractivity contribution in [3.63, 3.8) is 0 Å². The Hall–Kier alpha value is -4.28. The number of aromatic amines is 1. The standard InChI is InChI=1S/C39H51F3N8O5/c1-48-33-21-25(6-9-31(33)50(38(48)53)32-10-11-34(51)46-36(32)52)3-2-18-54-19-20-55-28-12-16-49(17-13-28)24-26-4-7-27(8-5-26)29-22-44-35-30(29)23-45-37(47-35)43-15-14-39(40,41)42/h6,9,21-23,26-28,32H,2-5,7-8,10-20,24H2,1H3,(H,46,51,52)(H2,43,44,45,47)/t26-,27+,32-/m0/s1. The number of likely N-dealkylation sites (tertiary alicyclic amines) is 1. The zero-order chi connectivity index (χ0) is 38.5. The van der Waals surface area contributed by atoms with Gasteiger partial charge in [0.1, 0.15) is 11.7 Å². The first-order valence-electron chi connectivity index (χ1n) is 19.6. The van der Waals surface area contributed by atoms with E-state index in [2.05, 4.69) is 30.5 Å². The number of carbonyl (C=O) groups is 2. The molecular weight excluding hydrogens is 717 g/mol. The number of nitrogens with one attached hydrogen (secondary N) is 3. The van der Waals surface area contributed by atoms with Crippen molar-refractivity contribution in [1.82, 2.24) is 34.3 Å². The normalized spacial score (nSPS) is 21.8. The molecule has 1 atom stereocenters. The van der Waals surface area contributed by atoms with Crippen molar-refractivity contribution in [3.05, 3.63) is 52.2 Å². The molecule has 3 aromatic heterocycles. The second-order valence-corrected chi connectivity index (χ2v) is 15.3. The number of nitrogens with zero attached hydrogens (tertiary/aromatic N) is 5. The minimum absolute atomic E-state index is 0.203. The number of imide groups is 1. The maximum Gasteiger partial charge on any atom is 0.390 e. The number of fused-ring (bicyclic) bond motifs is 2. The van der Waals surface area contributed by atoms with E-state index in [0.717, 1.165) is 87.5 Å². The van der Waals surface area contributed by atoms with E-state index in [4.69, 9.17) is 9.47 Å². The lowest BCUT2D eigenvalue weighted by molar-refractivity contribution is -0.136. The molecule has 2 amide bonds. The van der Waals surface area contributed by atoms with Crippen LogP contribution in [0.15, 0.2) is 35.4 Å². The van der Waals surface area contributed by atoms with Crippen molar-refractivity contribution < 1.29 is 32.2 Å². The molecule has 3 fully saturated rings. The van der Waals surface area contributed by atoms with Gasteiger partial charge in [0.15, 0.2) is 0 Å². The predicted octanol–water partition coefficient (Wildman–Crippen LogP) is 5.36. The monoisotopic (exact) mass is 768 g/mol. The third kappa shape index (κ3) is 9.58. The fraction of sp³-hybridized carbons (Fsp3) is 0.615. The van der Waals surface area contributed by atoms with Crippen LogP contribution >= 0.6 is 0 Å². The molecule has 2 saturated heterocycles. The number of carbonyl (C=O) groups excluding carboxylic acids is 2. The van der Waals surface area contributed by atoms with E-state index >= 15 is 0 Å². The maximum absolute atomic E-state index is 13.0. The fourth-order valence-electron chi connectivity index (χ4n) is 8.49. The lowest BCUT2D eigenvalue weighted by Gasteiger charge is -2.36. The molecule has 0 bridgehead atoms. The molecule has 5 heterocycles. The third-order valence-corrected chi connectivity index (χ3v) is 11.5. The molecule has 0 radical (unpaired) electrons. The number of piperidine rings is 2. The Labute approximate surface area is 317 Å². The Morgan fingerprint density at radius 2 is 1.78 bits per heavy atom. The largest absolute Gasteiger partial charge is 0.390 e. The van der Waals surface area contributed by atoms with Gasteiger partial charge in [0.2, 0.25) is 17.8 Å². The highest BCUT2D eigenvalue weighted by Crippen LogP contribution is 2.39. The van der Waals surface area contributed by atoms with Crippen LogP contribution in [0.25, 0.3) is 22.1 Å². The third-order valence-electron chi connectivity index (χ3n) is 11.5. The van der Waals surface area contributed by atoms with Crippen molar-refractivity contribution in [2.45, 2.75) is 94.9 Å². The molecule has 13 nitrogen and oxygen atoms in total. The van der Waals surface area contributed by atoms with Gasteiger partial charge in [-0.2, -0.15) is 18.2 Å². The summed E-state index contributed by atoms with van der Waals surface area (Å²) >= 11 is 0. The van der Waals surface area contributed by atoms with Crippen LogP contribution in [0.2, 0.25) is 0 Å². The first-order valence-corrected chi connectivity index (χ1v) is 19.6. The SMILES string of the molecule is Cn1c(=O)n([C@H]2CCC(=O)NC2=O)c2ccc(CCCOCCOC3CCN(C[C@H]4CC[C@@H](c5c[nH]c6nc(NCCC(F)(F)F)ncc65)CC4)CC3)cc21. The molecule has 2 aliphatic heterocycles. The fourth-order valence-corrected chi connectivity index (χ4v) is 8.49. The Morgan fingerprint density at radius 1 is 0.982 bits per heavy atom. The van der Waals surface area contributed by atoms with Crippen LogP contribution in [-0.4, -0.2) is 99.1 Å². The van der Waals surface area contributed by atoms with Gasteiger partial charge in [-0.25, -0.2) is 9.78 Å². The second kappa shape index (κ2) is 17.2.